The summed E-state index contributed by atoms with van der Waals surface area (Å²) in [5.74, 6) is -0.273. The Morgan fingerprint density at radius 1 is 1.81 bits per heavy atom. The predicted octanol–water partition coefficient (Wildman–Crippen LogP) is 1.89. The van der Waals surface area contributed by atoms with E-state index in [0.717, 1.165) is 18.0 Å². The molecule has 0 aliphatic heterocycles. The molecule has 16 heavy (non-hydrogen) atoms. The van der Waals surface area contributed by atoms with Crippen molar-refractivity contribution < 1.29 is 9.53 Å². The van der Waals surface area contributed by atoms with Crippen LogP contribution in [0, 0.1) is 0 Å². The highest BCUT2D eigenvalue weighted by Gasteiger charge is 2.20. The highest BCUT2D eigenvalue weighted by molar-refractivity contribution is 7.11. The Hall–Kier alpha value is -1.56. The molecule has 1 atom stereocenters. The highest BCUT2D eigenvalue weighted by atomic mass is 32.1. The van der Waals surface area contributed by atoms with Crippen LogP contribution in [-0.4, -0.2) is 23.5 Å². The number of esters is 1. The van der Waals surface area contributed by atoms with Gasteiger partial charge in [-0.15, -0.1) is 6.58 Å². The van der Waals surface area contributed by atoms with Crippen molar-refractivity contribution in [1.82, 2.24) is 4.37 Å². The van der Waals surface area contributed by atoms with Crippen molar-refractivity contribution in [3.8, 4) is 0 Å². The van der Waals surface area contributed by atoms with Crippen LogP contribution in [0.2, 0.25) is 0 Å². The maximum absolute atomic E-state index is 11.5. The van der Waals surface area contributed by atoms with Crippen molar-refractivity contribution in [2.45, 2.75) is 19.4 Å². The van der Waals surface area contributed by atoms with Crippen LogP contribution in [0.3, 0.4) is 0 Å². The SMILES string of the molecule is C=CCC(C)Nc1snc(N)c1C(=O)OC. The summed E-state index contributed by atoms with van der Waals surface area (Å²) < 4.78 is 8.57. The molecular formula is C10H15N3O2S. The van der Waals surface area contributed by atoms with E-state index >= 15 is 0 Å². The fourth-order valence-electron chi connectivity index (χ4n) is 1.23. The number of anilines is 2. The molecule has 0 aliphatic rings. The molecular weight excluding hydrogens is 226 g/mol. The van der Waals surface area contributed by atoms with Gasteiger partial charge in [0.15, 0.2) is 5.82 Å². The molecule has 0 bridgehead atoms. The Bertz CT molecular complexity index is 389. The van der Waals surface area contributed by atoms with E-state index < -0.39 is 5.97 Å². The van der Waals surface area contributed by atoms with Gasteiger partial charge in [0, 0.05) is 6.04 Å². The third kappa shape index (κ3) is 2.73. The minimum absolute atomic E-state index is 0.167. The standard InChI is InChI=1S/C10H15N3O2S/c1-4-5-6(2)12-9-7(10(14)15-3)8(11)13-16-9/h4,6,12H,1,5H2,2-3H3,(H2,11,13). The van der Waals surface area contributed by atoms with E-state index in [1.807, 2.05) is 6.92 Å². The number of hydrogen-bond donors (Lipinski definition) is 2. The molecule has 1 aromatic heterocycles. The number of rotatable bonds is 5. The zero-order chi connectivity index (χ0) is 12.1. The molecule has 0 amide bonds. The fourth-order valence-corrected chi connectivity index (χ4v) is 2.05. The number of hydrogen-bond acceptors (Lipinski definition) is 6. The predicted molar refractivity (Wildman–Crippen MR) is 65.8 cm³/mol. The van der Waals surface area contributed by atoms with E-state index in [1.165, 1.54) is 7.11 Å². The first kappa shape index (κ1) is 12.5. The first-order chi connectivity index (χ1) is 7.60. The summed E-state index contributed by atoms with van der Waals surface area (Å²) in [4.78, 5) is 11.5. The fraction of sp³-hybridized carbons (Fsp3) is 0.400. The molecule has 0 saturated heterocycles. The van der Waals surface area contributed by atoms with Crippen LogP contribution in [0.25, 0.3) is 0 Å². The lowest BCUT2D eigenvalue weighted by Gasteiger charge is -2.11. The summed E-state index contributed by atoms with van der Waals surface area (Å²) in [6, 6.07) is 0.167. The van der Waals surface area contributed by atoms with Crippen LogP contribution >= 0.6 is 11.5 Å². The van der Waals surface area contributed by atoms with Crippen LogP contribution in [0.5, 0.6) is 0 Å². The summed E-state index contributed by atoms with van der Waals surface area (Å²) in [6.45, 7) is 5.64. The first-order valence-corrected chi connectivity index (χ1v) is 5.58. The Kier molecular flexibility index (Phi) is 4.30. The van der Waals surface area contributed by atoms with E-state index in [2.05, 4.69) is 21.0 Å². The summed E-state index contributed by atoms with van der Waals surface area (Å²) in [5.41, 5.74) is 5.91. The zero-order valence-electron chi connectivity index (χ0n) is 9.32. The lowest BCUT2D eigenvalue weighted by Crippen LogP contribution is -2.16. The van der Waals surface area contributed by atoms with Crippen molar-refractivity contribution >= 4 is 28.3 Å². The maximum Gasteiger partial charge on any atom is 0.344 e. The van der Waals surface area contributed by atoms with Gasteiger partial charge in [-0.1, -0.05) is 6.08 Å². The van der Waals surface area contributed by atoms with Crippen LogP contribution in [0.15, 0.2) is 12.7 Å². The van der Waals surface area contributed by atoms with E-state index in [0.29, 0.717) is 10.6 Å². The number of nitrogens with two attached hydrogens (primary N) is 1. The quantitative estimate of drug-likeness (QED) is 0.608. The average Bonchev–Trinajstić information content (AvgIpc) is 2.59. The van der Waals surface area contributed by atoms with Crippen molar-refractivity contribution in [1.29, 1.82) is 0 Å². The van der Waals surface area contributed by atoms with Gasteiger partial charge in [0.05, 0.1) is 7.11 Å². The maximum atomic E-state index is 11.5. The van der Waals surface area contributed by atoms with Crippen molar-refractivity contribution in [3.05, 3.63) is 18.2 Å². The minimum atomic E-state index is -0.473. The Morgan fingerprint density at radius 2 is 2.50 bits per heavy atom. The minimum Gasteiger partial charge on any atom is -0.465 e. The third-order valence-corrected chi connectivity index (χ3v) is 2.80. The first-order valence-electron chi connectivity index (χ1n) is 4.81. The Labute approximate surface area is 98.5 Å². The van der Waals surface area contributed by atoms with Crippen LogP contribution < -0.4 is 11.1 Å². The van der Waals surface area contributed by atoms with Crippen molar-refractivity contribution in [2.24, 2.45) is 0 Å². The Morgan fingerprint density at radius 3 is 3.06 bits per heavy atom. The third-order valence-electron chi connectivity index (χ3n) is 2.01. The van der Waals surface area contributed by atoms with Crippen LogP contribution in [0.4, 0.5) is 10.8 Å². The number of carbonyl (C=O) groups excluding carboxylic acids is 1. The second-order valence-corrected chi connectivity index (χ2v) is 4.11. The lowest BCUT2D eigenvalue weighted by atomic mass is 10.2. The van der Waals surface area contributed by atoms with Crippen molar-refractivity contribution in [2.75, 3.05) is 18.2 Å². The van der Waals surface area contributed by atoms with Crippen LogP contribution in [-0.2, 0) is 4.74 Å². The molecule has 1 unspecified atom stereocenters. The normalized spacial score (nSPS) is 11.9. The zero-order valence-corrected chi connectivity index (χ0v) is 10.1. The van der Waals surface area contributed by atoms with Gasteiger partial charge in [0.1, 0.15) is 10.6 Å². The Balaban J connectivity index is 2.88. The second-order valence-electron chi connectivity index (χ2n) is 3.33. The van der Waals surface area contributed by atoms with Gasteiger partial charge in [-0.2, -0.15) is 4.37 Å². The van der Waals surface area contributed by atoms with Gasteiger partial charge in [0.2, 0.25) is 0 Å². The number of nitrogen functional groups attached to an aromatic ring is 1. The number of carbonyl (C=O) groups is 1. The lowest BCUT2D eigenvalue weighted by molar-refractivity contribution is 0.0603. The van der Waals surface area contributed by atoms with Gasteiger partial charge in [-0.3, -0.25) is 0 Å². The molecule has 1 rings (SSSR count). The van der Waals surface area contributed by atoms with Crippen LogP contribution in [0.1, 0.15) is 23.7 Å². The second kappa shape index (κ2) is 5.50. The largest absolute Gasteiger partial charge is 0.465 e. The number of nitrogens with zero attached hydrogens (tertiary/aromatic N) is 1. The molecule has 0 radical (unpaired) electrons. The van der Waals surface area contributed by atoms with Gasteiger partial charge in [0.25, 0.3) is 0 Å². The highest BCUT2D eigenvalue weighted by Crippen LogP contribution is 2.28. The molecule has 6 heteroatoms. The van der Waals surface area contributed by atoms with E-state index in [1.54, 1.807) is 6.08 Å². The number of methoxy groups -OCH3 is 1. The summed E-state index contributed by atoms with van der Waals surface area (Å²) in [5, 5.41) is 3.79. The molecule has 3 N–H and O–H groups in total. The topological polar surface area (TPSA) is 77.2 Å². The molecule has 0 spiro atoms. The molecule has 88 valence electrons. The molecule has 0 aromatic carbocycles. The summed E-state index contributed by atoms with van der Waals surface area (Å²) in [7, 11) is 1.32. The number of ether oxygens (including phenoxy) is 1. The molecule has 0 saturated carbocycles. The summed E-state index contributed by atoms with van der Waals surface area (Å²) in [6.07, 6.45) is 2.60. The van der Waals surface area contributed by atoms with E-state index in [-0.39, 0.29) is 11.9 Å². The van der Waals surface area contributed by atoms with Gasteiger partial charge >= 0.3 is 5.97 Å². The molecule has 0 fully saturated rings. The molecule has 1 heterocycles. The smallest absolute Gasteiger partial charge is 0.344 e. The average molecular weight is 241 g/mol. The monoisotopic (exact) mass is 241 g/mol. The van der Waals surface area contributed by atoms with E-state index in [9.17, 15) is 4.79 Å². The molecule has 5 nitrogen and oxygen atoms in total. The number of nitrogens with one attached hydrogen (secondary N) is 1. The van der Waals surface area contributed by atoms with Gasteiger partial charge in [-0.25, -0.2) is 4.79 Å². The summed E-state index contributed by atoms with van der Waals surface area (Å²) >= 11 is 1.15. The van der Waals surface area contributed by atoms with Gasteiger partial charge < -0.3 is 15.8 Å². The van der Waals surface area contributed by atoms with Gasteiger partial charge in [-0.05, 0) is 24.9 Å². The molecule has 1 aromatic rings. The van der Waals surface area contributed by atoms with Crippen molar-refractivity contribution in [3.63, 3.8) is 0 Å². The molecule has 0 aliphatic carbocycles. The van der Waals surface area contributed by atoms with E-state index in [4.69, 9.17) is 5.73 Å². The number of aromatic nitrogens is 1.